The molecular formula is C27H30O14. The van der Waals surface area contributed by atoms with Crippen LogP contribution in [0.3, 0.4) is 0 Å². The van der Waals surface area contributed by atoms with Crippen LogP contribution in [0.1, 0.15) is 6.92 Å². The first kappa shape index (κ1) is 29.2. The van der Waals surface area contributed by atoms with E-state index in [1.165, 1.54) is 43.3 Å². The number of hydrogen-bond donors (Lipinski definition) is 8. The Morgan fingerprint density at radius 2 is 1.49 bits per heavy atom. The fourth-order valence-corrected chi connectivity index (χ4v) is 4.82. The molecule has 0 saturated carbocycles. The van der Waals surface area contributed by atoms with Crippen molar-refractivity contribution in [3.63, 3.8) is 0 Å². The Bertz CT molecular complexity index is 1420. The molecule has 1 aromatic heterocycles. The maximum absolute atomic E-state index is 13.1. The summed E-state index contributed by atoms with van der Waals surface area (Å²) in [6.45, 7) is 0.673. The molecule has 2 aliphatic rings. The van der Waals surface area contributed by atoms with Gasteiger partial charge in [-0.2, -0.15) is 0 Å². The van der Waals surface area contributed by atoms with Crippen LogP contribution >= 0.6 is 0 Å². The van der Waals surface area contributed by atoms with E-state index in [1.807, 2.05) is 0 Å². The quantitative estimate of drug-likeness (QED) is 0.174. The van der Waals surface area contributed by atoms with Crippen LogP contribution in [-0.2, 0) is 14.2 Å². The third-order valence-electron chi connectivity index (χ3n) is 7.09. The van der Waals surface area contributed by atoms with E-state index in [0.29, 0.717) is 5.56 Å². The van der Waals surface area contributed by atoms with Gasteiger partial charge in [-0.05, 0) is 31.2 Å². The van der Waals surface area contributed by atoms with Gasteiger partial charge in [0.2, 0.25) is 6.29 Å². The molecule has 0 bridgehead atoms. The SMILES string of the molecule is C[C@@H]1O[C@@H](O[C@H]2[C@H](O)[C@@H](O)[C@H](Oc3cc(O)cc4oc(-c5ccc(O)cc5)cc(=O)c34)O[C@@H]2CO)[C@H](O)[C@H](O)[C@H]1O. The summed E-state index contributed by atoms with van der Waals surface area (Å²) in [4.78, 5) is 13.1. The van der Waals surface area contributed by atoms with Gasteiger partial charge >= 0.3 is 0 Å². The number of aliphatic hydroxyl groups is 6. The minimum absolute atomic E-state index is 0.0145. The molecule has 8 N–H and O–H groups in total. The van der Waals surface area contributed by atoms with Crippen LogP contribution in [0, 0.1) is 0 Å². The molecule has 0 amide bonds. The van der Waals surface area contributed by atoms with Crippen molar-refractivity contribution < 1.29 is 64.2 Å². The Morgan fingerprint density at radius 1 is 0.805 bits per heavy atom. The molecule has 0 aliphatic carbocycles. The third-order valence-corrected chi connectivity index (χ3v) is 7.09. The fourth-order valence-electron chi connectivity index (χ4n) is 4.82. The van der Waals surface area contributed by atoms with Crippen LogP contribution < -0.4 is 10.2 Å². The highest BCUT2D eigenvalue weighted by atomic mass is 16.7. The molecule has 41 heavy (non-hydrogen) atoms. The number of phenols is 2. The Labute approximate surface area is 231 Å². The zero-order chi connectivity index (χ0) is 29.6. The summed E-state index contributed by atoms with van der Waals surface area (Å²) >= 11 is 0. The lowest BCUT2D eigenvalue weighted by molar-refractivity contribution is -0.349. The second kappa shape index (κ2) is 11.5. The third kappa shape index (κ3) is 5.61. The molecule has 2 fully saturated rings. The predicted molar refractivity (Wildman–Crippen MR) is 137 cm³/mol. The van der Waals surface area contributed by atoms with E-state index in [1.54, 1.807) is 0 Å². The van der Waals surface area contributed by atoms with Gasteiger partial charge in [-0.1, -0.05) is 0 Å². The molecule has 0 radical (unpaired) electrons. The minimum atomic E-state index is -1.84. The average molecular weight is 579 g/mol. The van der Waals surface area contributed by atoms with Gasteiger partial charge in [0.05, 0.1) is 12.7 Å². The molecule has 3 aromatic rings. The van der Waals surface area contributed by atoms with Crippen molar-refractivity contribution in [1.82, 2.24) is 0 Å². The van der Waals surface area contributed by atoms with E-state index in [0.717, 1.165) is 6.07 Å². The van der Waals surface area contributed by atoms with E-state index in [2.05, 4.69) is 0 Å². The second-order valence-electron chi connectivity index (χ2n) is 9.95. The first-order chi connectivity index (χ1) is 19.5. The van der Waals surface area contributed by atoms with Crippen LogP contribution in [0.5, 0.6) is 17.2 Å². The van der Waals surface area contributed by atoms with Gasteiger partial charge in [0.15, 0.2) is 11.7 Å². The molecule has 222 valence electrons. The largest absolute Gasteiger partial charge is 0.508 e. The van der Waals surface area contributed by atoms with Crippen molar-refractivity contribution >= 4 is 11.0 Å². The fraction of sp³-hybridized carbons (Fsp3) is 0.444. The maximum Gasteiger partial charge on any atom is 0.229 e. The summed E-state index contributed by atoms with van der Waals surface area (Å²) in [6.07, 6.45) is -15.4. The summed E-state index contributed by atoms with van der Waals surface area (Å²) in [5.74, 6) is -0.457. The lowest BCUT2D eigenvalue weighted by Crippen LogP contribution is -2.64. The Morgan fingerprint density at radius 3 is 2.17 bits per heavy atom. The van der Waals surface area contributed by atoms with Crippen molar-refractivity contribution in [2.45, 2.75) is 68.3 Å². The van der Waals surface area contributed by atoms with Crippen LogP contribution in [0.2, 0.25) is 0 Å². The number of ether oxygens (including phenoxy) is 4. The van der Waals surface area contributed by atoms with Crippen LogP contribution in [-0.4, -0.2) is 109 Å². The number of aliphatic hydroxyl groups excluding tert-OH is 6. The molecule has 14 heteroatoms. The summed E-state index contributed by atoms with van der Waals surface area (Å²) in [5, 5.41) is 81.5. The lowest BCUT2D eigenvalue weighted by Gasteiger charge is -2.45. The van der Waals surface area contributed by atoms with E-state index in [-0.39, 0.29) is 34.0 Å². The van der Waals surface area contributed by atoms with Crippen LogP contribution in [0.4, 0.5) is 0 Å². The Kier molecular flexibility index (Phi) is 8.20. The monoisotopic (exact) mass is 578 g/mol. The lowest BCUT2D eigenvalue weighted by atomic mass is 9.97. The van der Waals surface area contributed by atoms with E-state index in [9.17, 15) is 45.6 Å². The van der Waals surface area contributed by atoms with Gasteiger partial charge in [-0.15, -0.1) is 0 Å². The van der Waals surface area contributed by atoms with Crippen molar-refractivity contribution in [3.05, 3.63) is 52.7 Å². The number of aromatic hydroxyl groups is 2. The Hall–Kier alpha value is -3.31. The number of hydrogen-bond acceptors (Lipinski definition) is 14. The molecule has 5 rings (SSSR count). The van der Waals surface area contributed by atoms with Crippen molar-refractivity contribution in [2.24, 2.45) is 0 Å². The molecule has 2 aromatic carbocycles. The molecule has 2 aliphatic heterocycles. The first-order valence-electron chi connectivity index (χ1n) is 12.7. The summed E-state index contributed by atoms with van der Waals surface area (Å²) in [5.41, 5.74) is -0.171. The highest BCUT2D eigenvalue weighted by Crippen LogP contribution is 2.35. The van der Waals surface area contributed by atoms with Gasteiger partial charge in [-0.25, -0.2) is 0 Å². The topological polar surface area (TPSA) is 229 Å². The zero-order valence-corrected chi connectivity index (χ0v) is 21.5. The maximum atomic E-state index is 13.1. The Balaban J connectivity index is 1.40. The average Bonchev–Trinajstić information content (AvgIpc) is 2.94. The van der Waals surface area contributed by atoms with Crippen molar-refractivity contribution in [2.75, 3.05) is 6.61 Å². The standard InChI is InChI=1S/C27H30O14/c1-10-20(32)21(33)23(35)26(37-10)41-25-18(9-28)40-27(24(36)22(25)34)39-17-7-13(30)6-16-19(17)14(31)8-15(38-16)11-2-4-12(29)5-3-11/h2-8,10,18,20-30,32-36H,9H2,1H3/t10-,18+,20-,21+,22+,23+,24+,25+,26-,27+/m0/s1. The first-order valence-corrected chi connectivity index (χ1v) is 12.7. The highest BCUT2D eigenvalue weighted by molar-refractivity contribution is 5.86. The molecule has 14 nitrogen and oxygen atoms in total. The van der Waals surface area contributed by atoms with E-state index < -0.39 is 73.4 Å². The minimum Gasteiger partial charge on any atom is -0.508 e. The van der Waals surface area contributed by atoms with Crippen molar-refractivity contribution in [3.8, 4) is 28.6 Å². The van der Waals surface area contributed by atoms with Crippen LogP contribution in [0.15, 0.2) is 51.7 Å². The number of rotatable bonds is 6. The van der Waals surface area contributed by atoms with Crippen LogP contribution in [0.25, 0.3) is 22.3 Å². The molecule has 0 spiro atoms. The molecule has 2 saturated heterocycles. The van der Waals surface area contributed by atoms with Gasteiger partial charge in [0.1, 0.15) is 76.7 Å². The zero-order valence-electron chi connectivity index (χ0n) is 21.5. The molecule has 0 unspecified atom stereocenters. The number of phenolic OH excluding ortho intramolecular Hbond substituents is 2. The number of fused-ring (bicyclic) bond motifs is 1. The predicted octanol–water partition coefficient (Wildman–Crippen LogP) is -1.10. The van der Waals surface area contributed by atoms with E-state index in [4.69, 9.17) is 23.4 Å². The van der Waals surface area contributed by atoms with Gasteiger partial charge < -0.3 is 64.2 Å². The smallest absolute Gasteiger partial charge is 0.229 e. The van der Waals surface area contributed by atoms with Gasteiger partial charge in [0.25, 0.3) is 0 Å². The van der Waals surface area contributed by atoms with Crippen molar-refractivity contribution in [1.29, 1.82) is 0 Å². The summed E-state index contributed by atoms with van der Waals surface area (Å²) < 4.78 is 28.1. The summed E-state index contributed by atoms with van der Waals surface area (Å²) in [7, 11) is 0. The van der Waals surface area contributed by atoms with Gasteiger partial charge in [-0.3, -0.25) is 4.79 Å². The molecular weight excluding hydrogens is 548 g/mol. The van der Waals surface area contributed by atoms with E-state index >= 15 is 0 Å². The molecule has 3 heterocycles. The van der Waals surface area contributed by atoms with Gasteiger partial charge in [0, 0.05) is 23.8 Å². The highest BCUT2D eigenvalue weighted by Gasteiger charge is 2.50. The second-order valence-corrected chi connectivity index (χ2v) is 9.95. The molecule has 10 atom stereocenters. The number of benzene rings is 2. The normalized spacial score (nSPS) is 34.0. The summed E-state index contributed by atoms with van der Waals surface area (Å²) in [6, 6.07) is 9.31.